The number of hydrogen-bond donors (Lipinski definition) is 10. The Morgan fingerprint density at radius 2 is 1.32 bits per heavy atom. The Balaban J connectivity index is 2.36. The van der Waals surface area contributed by atoms with Gasteiger partial charge < -0.3 is 58.9 Å². The number of phenols is 1. The van der Waals surface area contributed by atoms with Crippen molar-refractivity contribution in [3.05, 3.63) is 65.7 Å². The molecular weight excluding hydrogens is 881 g/mol. The van der Waals surface area contributed by atoms with Crippen LogP contribution < -0.4 is 38.9 Å². The summed E-state index contributed by atoms with van der Waals surface area (Å²) in [6.45, 7) is 6.67. The third kappa shape index (κ3) is 22.4. The first kappa shape index (κ1) is 57.7. The molecule has 0 heterocycles. The molecule has 2 aromatic rings. The summed E-state index contributed by atoms with van der Waals surface area (Å²) in [5.41, 5.74) is 23.5. The summed E-state index contributed by atoms with van der Waals surface area (Å²) in [6, 6.07) is 9.75. The molecule has 0 spiro atoms. The maximum absolute atomic E-state index is 14.1. The zero-order chi connectivity index (χ0) is 50.9. The quantitative estimate of drug-likeness (QED) is 0.0210. The number of nitrogens with zero attached hydrogens (tertiary/aromatic N) is 1. The SMILES string of the molecule is CC(C)C[C@@H](NC(=O)[C@H](CCC[C@@H](CC(=O)[C@H](NC(=O)[C@@H](Cc1ccc(O)cc1)NC(=O)[C@H](N)CCCCN=C(N)N)[C@@H](C)O)C(=O)OCc1ccccc1)CCC(=O)O)C(=O)C[C@H](C)C(N)=O. The second kappa shape index (κ2) is 30.1. The van der Waals surface area contributed by atoms with Crippen molar-refractivity contribution >= 4 is 53.1 Å². The molecular formula is C48H72N8O12. The normalized spacial score (nSPS) is 14.7. The van der Waals surface area contributed by atoms with Gasteiger partial charge in [0.15, 0.2) is 17.5 Å². The molecule has 68 heavy (non-hydrogen) atoms. The van der Waals surface area contributed by atoms with Crippen molar-refractivity contribution in [2.24, 2.45) is 51.6 Å². The highest BCUT2D eigenvalue weighted by Gasteiger charge is 2.35. The van der Waals surface area contributed by atoms with Crippen LogP contribution in [0.4, 0.5) is 0 Å². The first-order chi connectivity index (χ1) is 32.1. The highest BCUT2D eigenvalue weighted by molar-refractivity contribution is 5.95. The highest BCUT2D eigenvalue weighted by atomic mass is 16.5. The van der Waals surface area contributed by atoms with E-state index in [1.807, 2.05) is 13.8 Å². The van der Waals surface area contributed by atoms with Crippen molar-refractivity contribution in [2.45, 2.75) is 142 Å². The van der Waals surface area contributed by atoms with Crippen molar-refractivity contribution in [3.8, 4) is 5.75 Å². The molecule has 2 aromatic carbocycles. The zero-order valence-electron chi connectivity index (χ0n) is 39.6. The van der Waals surface area contributed by atoms with Gasteiger partial charge in [-0.05, 0) is 81.0 Å². The fourth-order valence-corrected chi connectivity index (χ4v) is 7.31. The Bertz CT molecular complexity index is 1990. The number of aromatic hydroxyl groups is 1. The third-order valence-corrected chi connectivity index (χ3v) is 11.3. The zero-order valence-corrected chi connectivity index (χ0v) is 39.6. The smallest absolute Gasteiger partial charge is 0.309 e. The minimum atomic E-state index is -1.57. The van der Waals surface area contributed by atoms with Crippen LogP contribution >= 0.6 is 0 Å². The number of phenolic OH excluding ortho intramolecular Hbond substituents is 1. The fourth-order valence-electron chi connectivity index (χ4n) is 7.31. The molecule has 0 radical (unpaired) electrons. The van der Waals surface area contributed by atoms with Gasteiger partial charge in [-0.25, -0.2) is 0 Å². The number of carbonyl (C=O) groups is 8. The summed E-state index contributed by atoms with van der Waals surface area (Å²) in [7, 11) is 0. The number of hydrogen-bond acceptors (Lipinski definition) is 13. The predicted octanol–water partition coefficient (Wildman–Crippen LogP) is 1.64. The van der Waals surface area contributed by atoms with E-state index in [-0.39, 0.29) is 82.0 Å². The maximum Gasteiger partial charge on any atom is 0.309 e. The van der Waals surface area contributed by atoms with Gasteiger partial charge in [0.1, 0.15) is 24.4 Å². The number of carboxylic acids is 1. The minimum absolute atomic E-state index is 0.0346. The molecule has 0 bridgehead atoms. The number of amides is 4. The molecule has 8 atom stereocenters. The van der Waals surface area contributed by atoms with Crippen molar-refractivity contribution in [1.29, 1.82) is 0 Å². The lowest BCUT2D eigenvalue weighted by Crippen LogP contribution is -2.57. The number of aliphatic hydroxyl groups excluding tert-OH is 1. The van der Waals surface area contributed by atoms with Gasteiger partial charge in [0.05, 0.1) is 24.1 Å². The number of aliphatic imine (C=N–C) groups is 1. The molecule has 20 nitrogen and oxygen atoms in total. The molecule has 2 rings (SSSR count). The summed E-state index contributed by atoms with van der Waals surface area (Å²) in [6.07, 6.45) is -1.17. The van der Waals surface area contributed by atoms with E-state index in [0.717, 1.165) is 0 Å². The average molecular weight is 953 g/mol. The number of benzene rings is 2. The van der Waals surface area contributed by atoms with Crippen LogP contribution in [0, 0.1) is 23.7 Å². The summed E-state index contributed by atoms with van der Waals surface area (Å²) in [4.78, 5) is 109. The molecule has 14 N–H and O–H groups in total. The fraction of sp³-hybridized carbons (Fsp3) is 0.562. The van der Waals surface area contributed by atoms with Crippen LogP contribution in [0.25, 0.3) is 0 Å². The van der Waals surface area contributed by atoms with E-state index in [9.17, 15) is 53.7 Å². The first-order valence-corrected chi connectivity index (χ1v) is 23.0. The lowest BCUT2D eigenvalue weighted by Gasteiger charge is -2.27. The Hall–Kier alpha value is -6.41. The summed E-state index contributed by atoms with van der Waals surface area (Å²) < 4.78 is 5.63. The second-order valence-corrected chi connectivity index (χ2v) is 17.8. The minimum Gasteiger partial charge on any atom is -0.508 e. The number of aliphatic hydroxyl groups is 1. The Morgan fingerprint density at radius 3 is 1.91 bits per heavy atom. The first-order valence-electron chi connectivity index (χ1n) is 23.0. The third-order valence-electron chi connectivity index (χ3n) is 11.3. The number of carboxylic acid groups (broad SMARTS) is 1. The Labute approximate surface area is 397 Å². The lowest BCUT2D eigenvalue weighted by molar-refractivity contribution is -0.152. The van der Waals surface area contributed by atoms with E-state index in [1.165, 1.54) is 26.0 Å². The monoisotopic (exact) mass is 953 g/mol. The molecule has 0 fully saturated rings. The second-order valence-electron chi connectivity index (χ2n) is 17.8. The van der Waals surface area contributed by atoms with Crippen LogP contribution in [0.2, 0.25) is 0 Å². The molecule has 0 unspecified atom stereocenters. The molecule has 0 saturated heterocycles. The number of unbranched alkanes of at least 4 members (excludes halogenated alkanes) is 1. The number of ether oxygens (including phenoxy) is 1. The molecule has 0 aromatic heterocycles. The van der Waals surface area contributed by atoms with Crippen molar-refractivity contribution in [3.63, 3.8) is 0 Å². The predicted molar refractivity (Wildman–Crippen MR) is 253 cm³/mol. The molecule has 0 aliphatic carbocycles. The van der Waals surface area contributed by atoms with Crippen LogP contribution in [0.15, 0.2) is 59.6 Å². The molecule has 0 saturated carbocycles. The highest BCUT2D eigenvalue weighted by Crippen LogP contribution is 2.24. The molecule has 20 heteroatoms. The van der Waals surface area contributed by atoms with Gasteiger partial charge in [0.2, 0.25) is 23.6 Å². The van der Waals surface area contributed by atoms with E-state index in [4.69, 9.17) is 27.7 Å². The number of nitrogens with two attached hydrogens (primary N) is 4. The standard InChI is InChI=1S/C48H72N8O12/c1-28(2)23-37(39(59)24-29(3)43(50)63)54-44(64)33(18-21-41(61)62)13-10-14-34(47(67)68-27-32-11-6-5-7-12-32)26-40(60)42(30(4)57)56-46(66)38(25-31-16-19-35(58)20-17-31)55-45(65)36(49)15-8-9-22-53-48(51)52/h5-7,11-12,16-17,19-20,28-30,33-34,36-38,42,57-58H,8-10,13-15,18,21-27,49H2,1-4H3,(H2,50,63)(H,54,64)(H,55,65)(H,56,66)(H,61,62)(H4,51,52,53)/t29-,30+,33+,34-,36+,37+,38+,42+/m0/s1. The van der Waals surface area contributed by atoms with Gasteiger partial charge >= 0.3 is 11.9 Å². The van der Waals surface area contributed by atoms with Gasteiger partial charge in [-0.2, -0.15) is 0 Å². The molecule has 376 valence electrons. The van der Waals surface area contributed by atoms with Crippen LogP contribution in [-0.2, 0) is 56.1 Å². The molecule has 0 aliphatic rings. The summed E-state index contributed by atoms with van der Waals surface area (Å²) in [5.74, 6) is -8.86. The summed E-state index contributed by atoms with van der Waals surface area (Å²) >= 11 is 0. The van der Waals surface area contributed by atoms with E-state index in [2.05, 4.69) is 20.9 Å². The lowest BCUT2D eigenvalue weighted by atomic mass is 9.88. The topological polar surface area (TPSA) is 359 Å². The van der Waals surface area contributed by atoms with E-state index in [1.54, 1.807) is 42.5 Å². The van der Waals surface area contributed by atoms with E-state index in [0.29, 0.717) is 30.5 Å². The number of primary amides is 1. The number of rotatable bonds is 33. The van der Waals surface area contributed by atoms with Crippen LogP contribution in [0.5, 0.6) is 5.75 Å². The van der Waals surface area contributed by atoms with E-state index >= 15 is 0 Å². The van der Waals surface area contributed by atoms with Crippen LogP contribution in [0.3, 0.4) is 0 Å². The van der Waals surface area contributed by atoms with Crippen molar-refractivity contribution < 1.29 is 58.4 Å². The van der Waals surface area contributed by atoms with Crippen LogP contribution in [0.1, 0.15) is 109 Å². The number of Topliss-reactive ketones (excluding diaryl/α,β-unsaturated/α-hetero) is 2. The van der Waals surface area contributed by atoms with Crippen molar-refractivity contribution in [2.75, 3.05) is 6.54 Å². The van der Waals surface area contributed by atoms with Crippen LogP contribution in [-0.4, -0.2) is 105 Å². The van der Waals surface area contributed by atoms with E-state index < -0.39 is 102 Å². The number of guanidine groups is 1. The number of ketones is 2. The number of esters is 1. The maximum atomic E-state index is 14.1. The molecule has 4 amide bonds. The van der Waals surface area contributed by atoms with Gasteiger partial charge in [-0.1, -0.05) is 69.7 Å². The average Bonchev–Trinajstić information content (AvgIpc) is 3.27. The van der Waals surface area contributed by atoms with Crippen molar-refractivity contribution in [1.82, 2.24) is 16.0 Å². The van der Waals surface area contributed by atoms with Gasteiger partial charge in [-0.15, -0.1) is 0 Å². The number of nitrogens with one attached hydrogen (secondary N) is 3. The molecule has 0 aliphatic heterocycles. The van der Waals surface area contributed by atoms with Gasteiger partial charge in [-0.3, -0.25) is 43.3 Å². The largest absolute Gasteiger partial charge is 0.508 e. The van der Waals surface area contributed by atoms with Gasteiger partial charge in [0, 0.05) is 44.1 Å². The Morgan fingerprint density at radius 1 is 0.691 bits per heavy atom. The number of carbonyl (C=O) groups excluding carboxylic acids is 7. The van der Waals surface area contributed by atoms with Gasteiger partial charge in [0.25, 0.3) is 0 Å². The summed E-state index contributed by atoms with van der Waals surface area (Å²) in [5, 5.41) is 38.2. The Kier molecular flexibility index (Phi) is 25.5. The number of aliphatic carboxylic acids is 1.